The quantitative estimate of drug-likeness (QED) is 0.359. The Hall–Kier alpha value is -4.32. The number of hydrogen-bond acceptors (Lipinski definition) is 3. The van der Waals surface area contributed by atoms with Gasteiger partial charge in [0, 0.05) is 28.6 Å². The number of H-pyrrole nitrogens is 1. The van der Waals surface area contributed by atoms with E-state index in [1.54, 1.807) is 18.2 Å². The van der Waals surface area contributed by atoms with Crippen molar-refractivity contribution in [1.82, 2.24) is 9.97 Å². The van der Waals surface area contributed by atoms with Crippen molar-refractivity contribution in [2.24, 2.45) is 0 Å². The fourth-order valence-electron chi connectivity index (χ4n) is 3.70. The van der Waals surface area contributed by atoms with Crippen molar-refractivity contribution >= 4 is 10.9 Å². The highest BCUT2D eigenvalue weighted by Crippen LogP contribution is 2.32. The molecule has 0 spiro atoms. The predicted octanol–water partition coefficient (Wildman–Crippen LogP) is 6.11. The molecule has 5 aromatic rings. The highest BCUT2D eigenvalue weighted by Gasteiger charge is 2.14. The van der Waals surface area contributed by atoms with Gasteiger partial charge in [0.25, 0.3) is 0 Å². The third kappa shape index (κ3) is 4.36. The normalized spacial score (nSPS) is 11.0. The van der Waals surface area contributed by atoms with Crippen LogP contribution in [0, 0.1) is 11.6 Å². The average molecular weight is 440 g/mol. The molecule has 162 valence electrons. The zero-order chi connectivity index (χ0) is 22.8. The summed E-state index contributed by atoms with van der Waals surface area (Å²) in [6.45, 7) is 0.314. The minimum Gasteiger partial charge on any atom is -0.487 e. The zero-order valence-electron chi connectivity index (χ0n) is 17.4. The van der Waals surface area contributed by atoms with E-state index in [0.29, 0.717) is 17.9 Å². The minimum atomic E-state index is -0.749. The van der Waals surface area contributed by atoms with Crippen LogP contribution in [0.2, 0.25) is 0 Å². The minimum absolute atomic E-state index is 0.117. The maximum absolute atomic E-state index is 14.4. The molecule has 4 nitrogen and oxygen atoms in total. The molecule has 0 unspecified atom stereocenters. The summed E-state index contributed by atoms with van der Waals surface area (Å²) in [6.07, 6.45) is 0. The molecule has 1 N–H and O–H groups in total. The van der Waals surface area contributed by atoms with Crippen LogP contribution in [-0.2, 0) is 6.61 Å². The summed E-state index contributed by atoms with van der Waals surface area (Å²) in [7, 11) is 0. The molecular formula is C27H18F2N2O2. The first-order chi connectivity index (χ1) is 16.1. The van der Waals surface area contributed by atoms with Gasteiger partial charge < -0.3 is 9.72 Å². The van der Waals surface area contributed by atoms with Gasteiger partial charge in [-0.2, -0.15) is 0 Å². The third-order valence-electron chi connectivity index (χ3n) is 5.33. The number of ether oxygens (including phenoxy) is 1. The van der Waals surface area contributed by atoms with Crippen LogP contribution in [0.15, 0.2) is 95.8 Å². The molecule has 0 bridgehead atoms. The van der Waals surface area contributed by atoms with E-state index >= 15 is 0 Å². The van der Waals surface area contributed by atoms with Crippen molar-refractivity contribution < 1.29 is 13.5 Å². The van der Waals surface area contributed by atoms with Crippen molar-refractivity contribution in [3.8, 4) is 28.1 Å². The van der Waals surface area contributed by atoms with Crippen LogP contribution in [0.25, 0.3) is 33.3 Å². The average Bonchev–Trinajstić information content (AvgIpc) is 2.83. The number of nitrogens with one attached hydrogen (secondary N) is 1. The largest absolute Gasteiger partial charge is 0.487 e. The molecule has 2 aromatic heterocycles. The van der Waals surface area contributed by atoms with Gasteiger partial charge in [-0.05, 0) is 48.0 Å². The summed E-state index contributed by atoms with van der Waals surface area (Å²) in [5.74, 6) is -0.785. The lowest BCUT2D eigenvalue weighted by Gasteiger charge is -2.12. The molecule has 0 aliphatic carbocycles. The van der Waals surface area contributed by atoms with E-state index < -0.39 is 11.6 Å². The Kier molecular flexibility index (Phi) is 5.40. The summed E-state index contributed by atoms with van der Waals surface area (Å²) < 4.78 is 33.6. The van der Waals surface area contributed by atoms with E-state index in [4.69, 9.17) is 4.74 Å². The topological polar surface area (TPSA) is 55.0 Å². The van der Waals surface area contributed by atoms with Gasteiger partial charge in [-0.15, -0.1) is 0 Å². The van der Waals surface area contributed by atoms with Gasteiger partial charge in [-0.25, -0.2) is 13.8 Å². The maximum atomic E-state index is 14.4. The number of halogens is 2. The molecule has 0 fully saturated rings. The summed E-state index contributed by atoms with van der Waals surface area (Å²) in [5, 5.41) is 1.07. The predicted molar refractivity (Wildman–Crippen MR) is 124 cm³/mol. The van der Waals surface area contributed by atoms with Crippen molar-refractivity contribution in [3.63, 3.8) is 0 Å². The molecule has 0 atom stereocenters. The number of aromatic amines is 1. The Bertz CT molecular complexity index is 1510. The SMILES string of the molecule is O=c1ccc(-c2ccc(OCc3ccc4ccccc4n3)cc2)c(-c2ccc(F)cc2F)[nH]1. The smallest absolute Gasteiger partial charge is 0.248 e. The van der Waals surface area contributed by atoms with Crippen LogP contribution in [0.3, 0.4) is 0 Å². The number of para-hydroxylation sites is 1. The lowest BCUT2D eigenvalue weighted by atomic mass is 9.99. The number of fused-ring (bicyclic) bond motifs is 1. The standard InChI is InChI=1S/C27H18F2N2O2/c28-19-8-12-23(24(29)15-19)27-22(13-14-26(32)31-27)17-6-10-21(11-7-17)33-16-20-9-5-18-3-1-2-4-25(18)30-20/h1-15H,16H2,(H,31,32). The van der Waals surface area contributed by atoms with Gasteiger partial charge in [0.05, 0.1) is 16.9 Å². The first-order valence-corrected chi connectivity index (χ1v) is 10.3. The van der Waals surface area contributed by atoms with Crippen LogP contribution in [0.4, 0.5) is 8.78 Å². The van der Waals surface area contributed by atoms with Crippen molar-refractivity contribution in [2.45, 2.75) is 6.61 Å². The monoisotopic (exact) mass is 440 g/mol. The molecule has 2 heterocycles. The number of rotatable bonds is 5. The van der Waals surface area contributed by atoms with Crippen LogP contribution in [0.1, 0.15) is 5.69 Å². The number of benzene rings is 3. The van der Waals surface area contributed by atoms with E-state index in [9.17, 15) is 13.6 Å². The highest BCUT2D eigenvalue weighted by atomic mass is 19.1. The van der Waals surface area contributed by atoms with Gasteiger partial charge in [-0.3, -0.25) is 4.79 Å². The van der Waals surface area contributed by atoms with Gasteiger partial charge in [-0.1, -0.05) is 36.4 Å². The fraction of sp³-hybridized carbons (Fsp3) is 0.0370. The second-order valence-electron chi connectivity index (χ2n) is 7.54. The summed E-state index contributed by atoms with van der Waals surface area (Å²) in [6, 6.07) is 25.3. The summed E-state index contributed by atoms with van der Waals surface area (Å²) >= 11 is 0. The Balaban J connectivity index is 1.40. The first kappa shape index (κ1) is 20.6. The van der Waals surface area contributed by atoms with Gasteiger partial charge >= 0.3 is 0 Å². The van der Waals surface area contributed by atoms with E-state index in [2.05, 4.69) is 9.97 Å². The Labute approximate surface area is 188 Å². The van der Waals surface area contributed by atoms with E-state index in [0.717, 1.165) is 34.3 Å². The first-order valence-electron chi connectivity index (χ1n) is 10.3. The molecule has 0 radical (unpaired) electrons. The molecule has 0 saturated heterocycles. The van der Waals surface area contributed by atoms with Crippen molar-refractivity contribution in [3.05, 3.63) is 119 Å². The van der Waals surface area contributed by atoms with Crippen molar-refractivity contribution in [1.29, 1.82) is 0 Å². The Morgan fingerprint density at radius 3 is 2.42 bits per heavy atom. The zero-order valence-corrected chi connectivity index (χ0v) is 17.4. The molecule has 0 amide bonds. The molecule has 3 aromatic carbocycles. The van der Waals surface area contributed by atoms with Crippen LogP contribution in [0.5, 0.6) is 5.75 Å². The molecule has 0 aliphatic heterocycles. The van der Waals surface area contributed by atoms with Crippen LogP contribution in [-0.4, -0.2) is 9.97 Å². The summed E-state index contributed by atoms with van der Waals surface area (Å²) in [4.78, 5) is 19.2. The number of aromatic nitrogens is 2. The second-order valence-corrected chi connectivity index (χ2v) is 7.54. The number of pyridine rings is 2. The molecule has 0 aliphatic rings. The maximum Gasteiger partial charge on any atom is 0.248 e. The molecule has 5 rings (SSSR count). The van der Waals surface area contributed by atoms with E-state index in [1.165, 1.54) is 12.1 Å². The van der Waals surface area contributed by atoms with Gasteiger partial charge in [0.2, 0.25) is 5.56 Å². The molecule has 0 saturated carbocycles. The lowest BCUT2D eigenvalue weighted by Crippen LogP contribution is -2.06. The van der Waals surface area contributed by atoms with Crippen molar-refractivity contribution in [2.75, 3.05) is 0 Å². The molecule has 6 heteroatoms. The number of hydrogen-bond donors (Lipinski definition) is 1. The Morgan fingerprint density at radius 1 is 0.818 bits per heavy atom. The van der Waals surface area contributed by atoms with E-state index in [1.807, 2.05) is 48.5 Å². The van der Waals surface area contributed by atoms with Gasteiger partial charge in [0.15, 0.2) is 0 Å². The van der Waals surface area contributed by atoms with Crippen LogP contribution < -0.4 is 10.3 Å². The third-order valence-corrected chi connectivity index (χ3v) is 5.33. The van der Waals surface area contributed by atoms with Gasteiger partial charge in [0.1, 0.15) is 24.0 Å². The lowest BCUT2D eigenvalue weighted by molar-refractivity contribution is 0.302. The molecule has 33 heavy (non-hydrogen) atoms. The van der Waals surface area contributed by atoms with Crippen LogP contribution >= 0.6 is 0 Å². The van der Waals surface area contributed by atoms with E-state index in [-0.39, 0.29) is 16.8 Å². The number of nitrogens with zero attached hydrogens (tertiary/aromatic N) is 1. The highest BCUT2D eigenvalue weighted by molar-refractivity contribution is 5.81. The second kappa shape index (κ2) is 8.67. The fourth-order valence-corrected chi connectivity index (χ4v) is 3.70. The Morgan fingerprint density at radius 2 is 1.61 bits per heavy atom. The molecular weight excluding hydrogens is 422 g/mol. The summed E-state index contributed by atoms with van der Waals surface area (Å²) in [5.41, 5.74) is 3.12.